The molecule has 1 N–H and O–H groups in total. The molecule has 1 fully saturated rings. The van der Waals surface area contributed by atoms with Crippen LogP contribution in [0.5, 0.6) is 0 Å². The number of hydrogen-bond acceptors (Lipinski definition) is 4. The molecule has 0 radical (unpaired) electrons. The maximum atomic E-state index is 11.2. The highest BCUT2D eigenvalue weighted by atomic mass is 32.1. The van der Waals surface area contributed by atoms with Crippen LogP contribution in [0.25, 0.3) is 0 Å². The monoisotopic (exact) mass is 205 g/mol. The van der Waals surface area contributed by atoms with E-state index < -0.39 is 0 Å². The van der Waals surface area contributed by atoms with Crippen molar-refractivity contribution in [2.24, 2.45) is 0 Å². The Bertz CT molecular complexity index is 202. The predicted octanol–water partition coefficient (Wildman–Crippen LogP) is 0.508. The molecule has 0 aliphatic carbocycles. The maximum absolute atomic E-state index is 11.2. The van der Waals surface area contributed by atoms with Crippen molar-refractivity contribution in [3.63, 3.8) is 0 Å². The second-order valence-corrected chi connectivity index (χ2v) is 4.82. The first-order valence-corrected chi connectivity index (χ1v) is 4.68. The Hall–Kier alpha value is -0.420. The van der Waals surface area contributed by atoms with Gasteiger partial charge in [0.2, 0.25) is 0 Å². The molecule has 76 valence electrons. The highest BCUT2D eigenvalue weighted by molar-refractivity contribution is 7.81. The van der Waals surface area contributed by atoms with Crippen LogP contribution in [0.1, 0.15) is 13.8 Å². The van der Waals surface area contributed by atoms with Gasteiger partial charge in [-0.2, -0.15) is 12.6 Å². The Morgan fingerprint density at radius 1 is 1.77 bits per heavy atom. The summed E-state index contributed by atoms with van der Waals surface area (Å²) in [6.45, 7) is 4.47. The standard InChI is InChI=1S/C8H15NO3S/c1-8(2,13)6-5-12-7(11)9(6)3-4-10/h6,10,13H,3-5H2,1-2H3. The summed E-state index contributed by atoms with van der Waals surface area (Å²) in [7, 11) is 0. The van der Waals surface area contributed by atoms with Crippen molar-refractivity contribution in [2.45, 2.75) is 24.6 Å². The second-order valence-electron chi connectivity index (χ2n) is 3.66. The summed E-state index contributed by atoms with van der Waals surface area (Å²) in [6.07, 6.45) is -0.360. The molecule has 1 aliphatic heterocycles. The first kappa shape index (κ1) is 10.7. The summed E-state index contributed by atoms with van der Waals surface area (Å²) in [4.78, 5) is 12.7. The van der Waals surface area contributed by atoms with E-state index in [0.29, 0.717) is 13.2 Å². The number of thiol groups is 1. The third-order valence-electron chi connectivity index (χ3n) is 2.13. The van der Waals surface area contributed by atoms with Crippen LogP contribution in [-0.2, 0) is 4.74 Å². The van der Waals surface area contributed by atoms with E-state index in [1.807, 2.05) is 13.8 Å². The van der Waals surface area contributed by atoms with E-state index >= 15 is 0 Å². The van der Waals surface area contributed by atoms with Crippen molar-refractivity contribution >= 4 is 18.7 Å². The van der Waals surface area contributed by atoms with Gasteiger partial charge in [-0.15, -0.1) is 0 Å². The highest BCUT2D eigenvalue weighted by Crippen LogP contribution is 2.27. The van der Waals surface area contributed by atoms with Crippen molar-refractivity contribution in [1.82, 2.24) is 4.90 Å². The second kappa shape index (κ2) is 3.75. The molecule has 0 saturated carbocycles. The molecular formula is C8H15NO3S. The van der Waals surface area contributed by atoms with Crippen LogP contribution < -0.4 is 0 Å². The maximum Gasteiger partial charge on any atom is 0.410 e. The van der Waals surface area contributed by atoms with Gasteiger partial charge in [-0.1, -0.05) is 0 Å². The smallest absolute Gasteiger partial charge is 0.410 e. The number of carbonyl (C=O) groups is 1. The molecule has 0 aromatic rings. The molecular weight excluding hydrogens is 190 g/mol. The van der Waals surface area contributed by atoms with Gasteiger partial charge in [0.1, 0.15) is 6.61 Å². The minimum Gasteiger partial charge on any atom is -0.447 e. The summed E-state index contributed by atoms with van der Waals surface area (Å²) in [5.74, 6) is 0. The van der Waals surface area contributed by atoms with E-state index in [0.717, 1.165) is 0 Å². The molecule has 1 aliphatic rings. The average molecular weight is 205 g/mol. The van der Waals surface area contributed by atoms with Crippen LogP contribution in [0.2, 0.25) is 0 Å². The van der Waals surface area contributed by atoms with Crippen LogP contribution >= 0.6 is 12.6 Å². The molecule has 1 heterocycles. The minimum atomic E-state index is -0.360. The fraction of sp³-hybridized carbons (Fsp3) is 0.875. The Kier molecular flexibility index (Phi) is 3.08. The van der Waals surface area contributed by atoms with Crippen molar-refractivity contribution in [3.05, 3.63) is 0 Å². The van der Waals surface area contributed by atoms with Gasteiger partial charge in [0.25, 0.3) is 0 Å². The van der Waals surface area contributed by atoms with Crippen LogP contribution in [0.3, 0.4) is 0 Å². The average Bonchev–Trinajstić information content (AvgIpc) is 2.32. The molecule has 4 nitrogen and oxygen atoms in total. The number of rotatable bonds is 3. The van der Waals surface area contributed by atoms with E-state index in [4.69, 9.17) is 9.84 Å². The number of cyclic esters (lactones) is 1. The third kappa shape index (κ3) is 2.28. The number of ether oxygens (including phenoxy) is 1. The molecule has 0 spiro atoms. The van der Waals surface area contributed by atoms with Crippen molar-refractivity contribution in [1.29, 1.82) is 0 Å². The molecule has 13 heavy (non-hydrogen) atoms. The molecule has 1 saturated heterocycles. The summed E-state index contributed by atoms with van der Waals surface area (Å²) in [6, 6.07) is -0.0597. The van der Waals surface area contributed by atoms with Crippen molar-refractivity contribution in [3.8, 4) is 0 Å². The number of aliphatic hydroxyl groups is 1. The number of aliphatic hydroxyl groups excluding tert-OH is 1. The quantitative estimate of drug-likeness (QED) is 0.660. The zero-order chi connectivity index (χ0) is 10.1. The molecule has 0 aromatic heterocycles. The predicted molar refractivity (Wildman–Crippen MR) is 52.0 cm³/mol. The van der Waals surface area contributed by atoms with Gasteiger partial charge in [0.05, 0.1) is 12.6 Å². The molecule has 1 rings (SSSR count). The highest BCUT2D eigenvalue weighted by Gasteiger charge is 2.40. The lowest BCUT2D eigenvalue weighted by molar-refractivity contribution is 0.147. The van der Waals surface area contributed by atoms with Crippen molar-refractivity contribution < 1.29 is 14.6 Å². The normalized spacial score (nSPS) is 23.5. The Morgan fingerprint density at radius 3 is 2.85 bits per heavy atom. The Balaban J connectivity index is 2.69. The number of nitrogens with zero attached hydrogens (tertiary/aromatic N) is 1. The van der Waals surface area contributed by atoms with Crippen molar-refractivity contribution in [2.75, 3.05) is 19.8 Å². The largest absolute Gasteiger partial charge is 0.447 e. The number of hydrogen-bond donors (Lipinski definition) is 2. The minimum absolute atomic E-state index is 0.0462. The topological polar surface area (TPSA) is 49.8 Å². The van der Waals surface area contributed by atoms with E-state index in [1.165, 1.54) is 4.90 Å². The van der Waals surface area contributed by atoms with Crippen LogP contribution in [0.4, 0.5) is 4.79 Å². The fourth-order valence-electron chi connectivity index (χ4n) is 1.39. The summed E-state index contributed by atoms with van der Waals surface area (Å²) in [5.41, 5.74) is 0. The molecule has 1 amide bonds. The molecule has 0 aromatic carbocycles. The van der Waals surface area contributed by atoms with E-state index in [2.05, 4.69) is 12.6 Å². The van der Waals surface area contributed by atoms with Gasteiger partial charge in [-0.05, 0) is 13.8 Å². The first-order chi connectivity index (χ1) is 5.96. The lowest BCUT2D eigenvalue weighted by Gasteiger charge is -2.30. The Labute approximate surface area is 83.3 Å². The van der Waals surface area contributed by atoms with Gasteiger partial charge in [-0.3, -0.25) is 4.90 Å². The molecule has 1 unspecified atom stereocenters. The van der Waals surface area contributed by atoms with E-state index in [9.17, 15) is 4.79 Å². The van der Waals surface area contributed by atoms with E-state index in [1.54, 1.807) is 0 Å². The first-order valence-electron chi connectivity index (χ1n) is 4.23. The lowest BCUT2D eigenvalue weighted by Crippen LogP contribution is -2.46. The number of β-amino-alcohol motifs (C(OH)–C–C–N with tert-alkyl or cyclic N) is 1. The number of amides is 1. The van der Waals surface area contributed by atoms with Crippen LogP contribution in [0, 0.1) is 0 Å². The summed E-state index contributed by atoms with van der Waals surface area (Å²) < 4.78 is 4.58. The van der Waals surface area contributed by atoms with Gasteiger partial charge in [-0.25, -0.2) is 4.79 Å². The molecule has 5 heteroatoms. The zero-order valence-corrected chi connectivity index (χ0v) is 8.75. The molecule has 1 atom stereocenters. The van der Waals surface area contributed by atoms with Gasteiger partial charge < -0.3 is 9.84 Å². The van der Waals surface area contributed by atoms with E-state index in [-0.39, 0.29) is 23.5 Å². The van der Waals surface area contributed by atoms with Crippen LogP contribution in [0.15, 0.2) is 0 Å². The zero-order valence-electron chi connectivity index (χ0n) is 7.86. The number of carbonyl (C=O) groups excluding carboxylic acids is 1. The third-order valence-corrected chi connectivity index (χ3v) is 2.43. The van der Waals surface area contributed by atoms with Gasteiger partial charge >= 0.3 is 6.09 Å². The SMILES string of the molecule is CC(C)(S)C1COC(=O)N1CCO. The van der Waals surface area contributed by atoms with Gasteiger partial charge in [0.15, 0.2) is 0 Å². The Morgan fingerprint density at radius 2 is 2.38 bits per heavy atom. The summed E-state index contributed by atoms with van der Waals surface area (Å²) >= 11 is 4.39. The van der Waals surface area contributed by atoms with Gasteiger partial charge in [0, 0.05) is 11.3 Å². The van der Waals surface area contributed by atoms with Crippen LogP contribution in [-0.4, -0.2) is 46.6 Å². The fourth-order valence-corrected chi connectivity index (χ4v) is 1.60. The lowest BCUT2D eigenvalue weighted by atomic mass is 10.0. The molecule has 0 bridgehead atoms. The summed E-state index contributed by atoms with van der Waals surface area (Å²) in [5, 5.41) is 8.75.